The van der Waals surface area contributed by atoms with Gasteiger partial charge in [-0.3, -0.25) is 4.79 Å². The molecule has 0 unspecified atom stereocenters. The topological polar surface area (TPSA) is 46.5 Å². The molecule has 0 aliphatic carbocycles. The van der Waals surface area contributed by atoms with Crippen LogP contribution in [0.1, 0.15) is 29.5 Å². The normalized spacial score (nSPS) is 10.4. The van der Waals surface area contributed by atoms with Crippen LogP contribution in [0.25, 0.3) is 0 Å². The van der Waals surface area contributed by atoms with Crippen LogP contribution < -0.4 is 4.74 Å². The average molecular weight is 257 g/mol. The highest BCUT2D eigenvalue weighted by atomic mass is 35.5. The second kappa shape index (κ2) is 5.92. The van der Waals surface area contributed by atoms with E-state index in [0.29, 0.717) is 17.9 Å². The van der Waals surface area contributed by atoms with Gasteiger partial charge in [0.2, 0.25) is 0 Å². The van der Waals surface area contributed by atoms with Gasteiger partial charge in [-0.1, -0.05) is 11.6 Å². The van der Waals surface area contributed by atoms with E-state index in [0.717, 1.165) is 22.4 Å². The summed E-state index contributed by atoms with van der Waals surface area (Å²) in [5.74, 6) is 0.00712. The third-order valence-electron chi connectivity index (χ3n) is 2.81. The monoisotopic (exact) mass is 256 g/mol. The highest BCUT2D eigenvalue weighted by Crippen LogP contribution is 2.33. The molecular weight excluding hydrogens is 240 g/mol. The Morgan fingerprint density at radius 1 is 1.47 bits per heavy atom. The first-order valence-electron chi connectivity index (χ1n) is 5.51. The number of rotatable bonds is 5. The zero-order chi connectivity index (χ0) is 13.0. The Bertz CT molecular complexity index is 427. The van der Waals surface area contributed by atoms with Crippen molar-refractivity contribution < 1.29 is 14.6 Å². The van der Waals surface area contributed by atoms with Crippen molar-refractivity contribution in [2.45, 2.75) is 33.1 Å². The Hall–Kier alpha value is -1.22. The lowest BCUT2D eigenvalue weighted by molar-refractivity contribution is -0.137. The van der Waals surface area contributed by atoms with Crippen LogP contribution in [0.15, 0.2) is 6.07 Å². The van der Waals surface area contributed by atoms with Crippen LogP contribution in [-0.4, -0.2) is 18.2 Å². The van der Waals surface area contributed by atoms with E-state index in [-0.39, 0.29) is 6.42 Å². The molecule has 0 aliphatic heterocycles. The molecule has 0 saturated heterocycles. The van der Waals surface area contributed by atoms with Gasteiger partial charge < -0.3 is 9.84 Å². The number of aryl methyl sites for hydroxylation is 1. The van der Waals surface area contributed by atoms with Gasteiger partial charge in [0.1, 0.15) is 5.75 Å². The molecule has 0 aromatic heterocycles. The Kier molecular flexibility index (Phi) is 4.82. The lowest BCUT2D eigenvalue weighted by atomic mass is 9.98. The number of aliphatic carboxylic acids is 1. The summed E-state index contributed by atoms with van der Waals surface area (Å²) < 4.78 is 5.36. The van der Waals surface area contributed by atoms with Crippen molar-refractivity contribution in [3.05, 3.63) is 27.8 Å². The van der Waals surface area contributed by atoms with Gasteiger partial charge in [-0.15, -0.1) is 0 Å². The molecule has 94 valence electrons. The lowest BCUT2D eigenvalue weighted by Crippen LogP contribution is -2.01. The van der Waals surface area contributed by atoms with Crippen molar-refractivity contribution in [1.29, 1.82) is 0 Å². The summed E-state index contributed by atoms with van der Waals surface area (Å²) >= 11 is 6.08. The van der Waals surface area contributed by atoms with Gasteiger partial charge in [-0.25, -0.2) is 0 Å². The number of halogens is 1. The van der Waals surface area contributed by atoms with Gasteiger partial charge in [0.05, 0.1) is 7.11 Å². The van der Waals surface area contributed by atoms with Crippen molar-refractivity contribution in [2.24, 2.45) is 0 Å². The maximum atomic E-state index is 10.5. The second-order valence-electron chi connectivity index (χ2n) is 4.06. The van der Waals surface area contributed by atoms with Gasteiger partial charge >= 0.3 is 5.97 Å². The Morgan fingerprint density at radius 3 is 2.65 bits per heavy atom. The molecule has 0 fully saturated rings. The number of hydrogen-bond acceptors (Lipinski definition) is 2. The average Bonchev–Trinajstić information content (AvgIpc) is 2.25. The fraction of sp³-hybridized carbons (Fsp3) is 0.462. The quantitative estimate of drug-likeness (QED) is 0.879. The smallest absolute Gasteiger partial charge is 0.303 e. The summed E-state index contributed by atoms with van der Waals surface area (Å²) in [5.41, 5.74) is 3.00. The zero-order valence-electron chi connectivity index (χ0n) is 10.3. The molecular formula is C13H17ClO3. The molecule has 1 aromatic rings. The van der Waals surface area contributed by atoms with Crippen molar-refractivity contribution >= 4 is 17.6 Å². The van der Waals surface area contributed by atoms with Crippen LogP contribution in [0.5, 0.6) is 5.75 Å². The Morgan fingerprint density at radius 2 is 2.12 bits per heavy atom. The SMILES string of the molecule is COc1c(C)c(Cl)cc(C)c1CCCC(=O)O. The van der Waals surface area contributed by atoms with Crippen LogP contribution in [0, 0.1) is 13.8 Å². The molecule has 0 saturated carbocycles. The molecule has 0 atom stereocenters. The van der Waals surface area contributed by atoms with E-state index >= 15 is 0 Å². The molecule has 0 radical (unpaired) electrons. The molecule has 0 amide bonds. The van der Waals surface area contributed by atoms with Gasteiger partial charge in [0, 0.05) is 17.0 Å². The summed E-state index contributed by atoms with van der Waals surface area (Å²) in [6.07, 6.45) is 1.47. The molecule has 0 heterocycles. The van der Waals surface area contributed by atoms with Gasteiger partial charge in [-0.2, -0.15) is 0 Å². The number of hydrogen-bond donors (Lipinski definition) is 1. The zero-order valence-corrected chi connectivity index (χ0v) is 11.1. The molecule has 0 spiro atoms. The minimum absolute atomic E-state index is 0.171. The summed E-state index contributed by atoms with van der Waals surface area (Å²) in [6, 6.07) is 1.90. The van der Waals surface area contributed by atoms with Crippen LogP contribution in [0.4, 0.5) is 0 Å². The maximum absolute atomic E-state index is 10.5. The van der Waals surface area contributed by atoms with Crippen molar-refractivity contribution in [3.63, 3.8) is 0 Å². The Labute approximate surface area is 106 Å². The van der Waals surface area contributed by atoms with Crippen LogP contribution >= 0.6 is 11.6 Å². The molecule has 0 bridgehead atoms. The number of carbonyl (C=O) groups is 1. The predicted molar refractivity (Wildman–Crippen MR) is 68.1 cm³/mol. The second-order valence-corrected chi connectivity index (χ2v) is 4.47. The summed E-state index contributed by atoms with van der Waals surface area (Å²) in [7, 11) is 1.61. The molecule has 3 nitrogen and oxygen atoms in total. The summed E-state index contributed by atoms with van der Waals surface area (Å²) in [4.78, 5) is 10.5. The fourth-order valence-corrected chi connectivity index (χ4v) is 2.15. The molecule has 1 N–H and O–H groups in total. The van der Waals surface area contributed by atoms with Crippen molar-refractivity contribution in [3.8, 4) is 5.75 Å². The number of benzene rings is 1. The van der Waals surface area contributed by atoms with Crippen LogP contribution in [-0.2, 0) is 11.2 Å². The third kappa shape index (κ3) is 3.37. The highest BCUT2D eigenvalue weighted by Gasteiger charge is 2.13. The van der Waals surface area contributed by atoms with Gasteiger partial charge in [0.15, 0.2) is 0 Å². The standard InChI is InChI=1S/C13H17ClO3/c1-8-7-11(14)9(2)13(17-3)10(8)5-4-6-12(15)16/h7H,4-6H2,1-3H3,(H,15,16). The molecule has 1 rings (SSSR count). The van der Waals surface area contributed by atoms with Crippen LogP contribution in [0.3, 0.4) is 0 Å². The number of carboxylic acid groups (broad SMARTS) is 1. The van der Waals surface area contributed by atoms with E-state index in [1.165, 1.54) is 0 Å². The van der Waals surface area contributed by atoms with Crippen molar-refractivity contribution in [1.82, 2.24) is 0 Å². The number of ether oxygens (including phenoxy) is 1. The third-order valence-corrected chi connectivity index (χ3v) is 3.21. The van der Waals surface area contributed by atoms with E-state index in [1.54, 1.807) is 7.11 Å². The molecule has 4 heteroatoms. The summed E-state index contributed by atoms with van der Waals surface area (Å²) in [5, 5.41) is 9.32. The van der Waals surface area contributed by atoms with E-state index in [4.69, 9.17) is 21.4 Å². The van der Waals surface area contributed by atoms with E-state index < -0.39 is 5.97 Å². The Balaban J connectivity index is 2.97. The minimum Gasteiger partial charge on any atom is -0.496 e. The number of carboxylic acids is 1. The first-order chi connectivity index (χ1) is 7.97. The molecule has 17 heavy (non-hydrogen) atoms. The van der Waals surface area contributed by atoms with Gasteiger partial charge in [0.25, 0.3) is 0 Å². The predicted octanol–water partition coefficient (Wildman–Crippen LogP) is 3.37. The van der Waals surface area contributed by atoms with Crippen LogP contribution in [0.2, 0.25) is 5.02 Å². The van der Waals surface area contributed by atoms with Gasteiger partial charge in [-0.05, 0) is 43.9 Å². The lowest BCUT2D eigenvalue weighted by Gasteiger charge is -2.15. The largest absolute Gasteiger partial charge is 0.496 e. The van der Waals surface area contributed by atoms with E-state index in [9.17, 15) is 4.79 Å². The highest BCUT2D eigenvalue weighted by molar-refractivity contribution is 6.31. The fourth-order valence-electron chi connectivity index (χ4n) is 1.90. The number of methoxy groups -OCH3 is 1. The first-order valence-corrected chi connectivity index (χ1v) is 5.89. The van der Waals surface area contributed by atoms with E-state index in [2.05, 4.69) is 0 Å². The minimum atomic E-state index is -0.771. The van der Waals surface area contributed by atoms with Crippen molar-refractivity contribution in [2.75, 3.05) is 7.11 Å². The summed E-state index contributed by atoms with van der Waals surface area (Å²) in [6.45, 7) is 3.87. The first kappa shape index (κ1) is 13.8. The molecule has 1 aromatic carbocycles. The maximum Gasteiger partial charge on any atom is 0.303 e. The van der Waals surface area contributed by atoms with E-state index in [1.807, 2.05) is 19.9 Å². The molecule has 0 aliphatic rings.